The first-order valence-electron chi connectivity index (χ1n) is 11.5. The summed E-state index contributed by atoms with van der Waals surface area (Å²) in [5.74, 6) is 0.741. The second-order valence-electron chi connectivity index (χ2n) is 8.72. The predicted molar refractivity (Wildman–Crippen MR) is 138 cm³/mol. The summed E-state index contributed by atoms with van der Waals surface area (Å²) in [6, 6.07) is 23.6. The van der Waals surface area contributed by atoms with Gasteiger partial charge < -0.3 is 4.90 Å². The maximum absolute atomic E-state index is 13.4. The van der Waals surface area contributed by atoms with E-state index >= 15 is 0 Å². The quantitative estimate of drug-likeness (QED) is 0.354. The first-order chi connectivity index (χ1) is 17.1. The molecule has 3 aromatic carbocycles. The SMILES string of the molecule is Cc1ccc(Cn2c(=O)c3ccccc3n3c(SCC(=O)N4CCc5ccccc54)nnc23)cc1. The Bertz CT molecular complexity index is 1640. The minimum atomic E-state index is -0.109. The van der Waals surface area contributed by atoms with Crippen LogP contribution in [0.5, 0.6) is 0 Å². The molecular weight excluding hydrogens is 458 g/mol. The van der Waals surface area contributed by atoms with Crippen LogP contribution >= 0.6 is 11.8 Å². The van der Waals surface area contributed by atoms with Crippen LogP contribution in [0, 0.1) is 6.92 Å². The summed E-state index contributed by atoms with van der Waals surface area (Å²) in [4.78, 5) is 28.3. The monoisotopic (exact) mass is 481 g/mol. The summed E-state index contributed by atoms with van der Waals surface area (Å²) in [7, 11) is 0. The number of rotatable bonds is 5. The number of aryl methyl sites for hydroxylation is 1. The molecule has 0 atom stereocenters. The number of thioether (sulfide) groups is 1. The number of hydrogen-bond donors (Lipinski definition) is 0. The molecule has 1 aliphatic rings. The van der Waals surface area contributed by atoms with Crippen molar-refractivity contribution < 1.29 is 4.79 Å². The molecule has 35 heavy (non-hydrogen) atoms. The fourth-order valence-corrected chi connectivity index (χ4v) is 5.46. The summed E-state index contributed by atoms with van der Waals surface area (Å²) < 4.78 is 3.55. The molecule has 5 aromatic rings. The molecule has 0 bridgehead atoms. The number of amides is 1. The van der Waals surface area contributed by atoms with Gasteiger partial charge >= 0.3 is 0 Å². The Morgan fingerprint density at radius 1 is 0.971 bits per heavy atom. The lowest BCUT2D eigenvalue weighted by Crippen LogP contribution is -2.30. The second-order valence-corrected chi connectivity index (χ2v) is 9.67. The number of hydrogen-bond acceptors (Lipinski definition) is 5. The fraction of sp³-hybridized carbons (Fsp3) is 0.185. The maximum atomic E-state index is 13.4. The fourth-order valence-electron chi connectivity index (χ4n) is 4.65. The van der Waals surface area contributed by atoms with Gasteiger partial charge in [0.1, 0.15) is 0 Å². The highest BCUT2D eigenvalue weighted by Gasteiger charge is 2.25. The summed E-state index contributed by atoms with van der Waals surface area (Å²) in [6.45, 7) is 3.12. The zero-order valence-electron chi connectivity index (χ0n) is 19.2. The Balaban J connectivity index is 1.37. The lowest BCUT2D eigenvalue weighted by atomic mass is 10.1. The summed E-state index contributed by atoms with van der Waals surface area (Å²) in [5.41, 5.74) is 4.99. The van der Waals surface area contributed by atoms with Gasteiger partial charge in [0.25, 0.3) is 5.56 Å². The van der Waals surface area contributed by atoms with E-state index in [9.17, 15) is 9.59 Å². The van der Waals surface area contributed by atoms with Crippen molar-refractivity contribution in [3.05, 3.63) is 99.8 Å². The first-order valence-corrected chi connectivity index (χ1v) is 12.5. The molecule has 2 aromatic heterocycles. The normalized spacial score (nSPS) is 13.0. The van der Waals surface area contributed by atoms with Gasteiger partial charge in [-0.3, -0.25) is 18.6 Å². The van der Waals surface area contributed by atoms with E-state index in [2.05, 4.69) is 16.3 Å². The van der Waals surface area contributed by atoms with Gasteiger partial charge in [0.2, 0.25) is 11.7 Å². The van der Waals surface area contributed by atoms with Crippen molar-refractivity contribution in [1.82, 2.24) is 19.2 Å². The molecule has 174 valence electrons. The van der Waals surface area contributed by atoms with Gasteiger partial charge in [0, 0.05) is 12.2 Å². The number of carbonyl (C=O) groups excluding carboxylic acids is 1. The Kier molecular flexibility index (Phi) is 5.37. The molecule has 0 fully saturated rings. The molecule has 0 spiro atoms. The van der Waals surface area contributed by atoms with Crippen LogP contribution in [0.4, 0.5) is 5.69 Å². The van der Waals surface area contributed by atoms with E-state index in [4.69, 9.17) is 0 Å². The van der Waals surface area contributed by atoms with Gasteiger partial charge in [0.05, 0.1) is 23.2 Å². The molecule has 0 N–H and O–H groups in total. The molecule has 1 aliphatic heterocycles. The third-order valence-corrected chi connectivity index (χ3v) is 7.37. The van der Waals surface area contributed by atoms with Crippen LogP contribution < -0.4 is 10.5 Å². The van der Waals surface area contributed by atoms with Crippen molar-refractivity contribution in [2.24, 2.45) is 0 Å². The van der Waals surface area contributed by atoms with Crippen molar-refractivity contribution in [3.8, 4) is 0 Å². The minimum absolute atomic E-state index is 0.0361. The van der Waals surface area contributed by atoms with Crippen LogP contribution in [0.2, 0.25) is 0 Å². The molecule has 0 saturated carbocycles. The number of fused-ring (bicyclic) bond motifs is 4. The highest BCUT2D eigenvalue weighted by atomic mass is 32.2. The van der Waals surface area contributed by atoms with Crippen molar-refractivity contribution in [1.29, 1.82) is 0 Å². The van der Waals surface area contributed by atoms with Crippen molar-refractivity contribution in [2.75, 3.05) is 17.2 Å². The number of anilines is 1. The van der Waals surface area contributed by atoms with E-state index in [0.717, 1.165) is 28.8 Å². The van der Waals surface area contributed by atoms with Crippen LogP contribution in [0.1, 0.15) is 16.7 Å². The van der Waals surface area contributed by atoms with Crippen LogP contribution in [0.3, 0.4) is 0 Å². The molecule has 0 radical (unpaired) electrons. The molecule has 7 nitrogen and oxygen atoms in total. The van der Waals surface area contributed by atoms with Crippen LogP contribution in [0.25, 0.3) is 16.7 Å². The van der Waals surface area contributed by atoms with Gasteiger partial charge in [0.15, 0.2) is 5.16 Å². The minimum Gasteiger partial charge on any atom is -0.311 e. The van der Waals surface area contributed by atoms with Crippen LogP contribution in [-0.4, -0.2) is 37.4 Å². The lowest BCUT2D eigenvalue weighted by molar-refractivity contribution is -0.116. The van der Waals surface area contributed by atoms with Gasteiger partial charge in [-0.1, -0.05) is 71.9 Å². The average Bonchev–Trinajstić information content (AvgIpc) is 3.51. The number of para-hydroxylation sites is 2. The molecule has 0 saturated heterocycles. The number of aromatic nitrogens is 4. The van der Waals surface area contributed by atoms with Crippen molar-refractivity contribution in [3.63, 3.8) is 0 Å². The van der Waals surface area contributed by atoms with E-state index in [1.807, 2.05) is 83.0 Å². The zero-order chi connectivity index (χ0) is 23.9. The standard InChI is InChI=1S/C27H23N5O2S/c1-18-10-12-19(13-11-18)16-31-25(34)21-7-3-5-9-23(21)32-26(31)28-29-27(32)35-17-24(33)30-15-14-20-6-2-4-8-22(20)30/h2-13H,14-17H2,1H3. The molecule has 1 amide bonds. The maximum Gasteiger partial charge on any atom is 0.263 e. The Labute approximate surface area is 206 Å². The smallest absolute Gasteiger partial charge is 0.263 e. The highest BCUT2D eigenvalue weighted by Crippen LogP contribution is 2.29. The number of carbonyl (C=O) groups is 1. The van der Waals surface area contributed by atoms with Crippen molar-refractivity contribution in [2.45, 2.75) is 25.0 Å². The third kappa shape index (κ3) is 3.80. The summed E-state index contributed by atoms with van der Waals surface area (Å²) >= 11 is 1.35. The summed E-state index contributed by atoms with van der Waals surface area (Å²) in [6.07, 6.45) is 0.871. The van der Waals surface area contributed by atoms with Crippen LogP contribution in [0.15, 0.2) is 82.7 Å². The lowest BCUT2D eigenvalue weighted by Gasteiger charge is -2.17. The molecule has 8 heteroatoms. The Morgan fingerprint density at radius 2 is 1.74 bits per heavy atom. The number of nitrogens with zero attached hydrogens (tertiary/aromatic N) is 5. The van der Waals surface area contributed by atoms with E-state index in [1.165, 1.54) is 17.3 Å². The van der Waals surface area contributed by atoms with E-state index in [0.29, 0.717) is 29.4 Å². The van der Waals surface area contributed by atoms with E-state index in [1.54, 1.807) is 4.57 Å². The third-order valence-electron chi connectivity index (χ3n) is 6.45. The molecule has 3 heterocycles. The highest BCUT2D eigenvalue weighted by molar-refractivity contribution is 7.99. The zero-order valence-corrected chi connectivity index (χ0v) is 20.0. The van der Waals surface area contributed by atoms with E-state index in [-0.39, 0.29) is 17.2 Å². The molecular formula is C27H23N5O2S. The Morgan fingerprint density at radius 3 is 2.60 bits per heavy atom. The van der Waals surface area contributed by atoms with Gasteiger partial charge in [-0.15, -0.1) is 10.2 Å². The topological polar surface area (TPSA) is 72.5 Å². The van der Waals surface area contributed by atoms with Crippen molar-refractivity contribution >= 4 is 40.0 Å². The van der Waals surface area contributed by atoms with E-state index < -0.39 is 0 Å². The van der Waals surface area contributed by atoms with Gasteiger partial charge in [-0.25, -0.2) is 0 Å². The first kappa shape index (κ1) is 21.6. The second kappa shape index (κ2) is 8.70. The largest absolute Gasteiger partial charge is 0.311 e. The molecule has 6 rings (SSSR count). The van der Waals surface area contributed by atoms with Gasteiger partial charge in [-0.2, -0.15) is 0 Å². The molecule has 0 aliphatic carbocycles. The predicted octanol–water partition coefficient (Wildman–Crippen LogP) is 4.08. The van der Waals surface area contributed by atoms with Gasteiger partial charge in [-0.05, 0) is 42.7 Å². The molecule has 0 unspecified atom stereocenters. The Hall–Kier alpha value is -3.91. The number of benzene rings is 3. The van der Waals surface area contributed by atoms with Crippen LogP contribution in [-0.2, 0) is 17.8 Å². The average molecular weight is 482 g/mol. The summed E-state index contributed by atoms with van der Waals surface area (Å²) in [5, 5.41) is 9.96.